The van der Waals surface area contributed by atoms with E-state index in [1.54, 1.807) is 38.3 Å². The van der Waals surface area contributed by atoms with Crippen molar-refractivity contribution in [2.75, 3.05) is 19.0 Å². The summed E-state index contributed by atoms with van der Waals surface area (Å²) in [6.07, 6.45) is 0.176. The van der Waals surface area contributed by atoms with E-state index in [0.29, 0.717) is 21.2 Å². The van der Waals surface area contributed by atoms with Crippen molar-refractivity contribution in [2.24, 2.45) is 0 Å². The molecule has 5 nitrogen and oxygen atoms in total. The van der Waals surface area contributed by atoms with Crippen LogP contribution in [0.3, 0.4) is 0 Å². The van der Waals surface area contributed by atoms with E-state index in [-0.39, 0.29) is 18.9 Å². The number of nitrogens with one attached hydrogen (secondary N) is 1. The van der Waals surface area contributed by atoms with Crippen LogP contribution in [0.2, 0.25) is 5.02 Å². The van der Waals surface area contributed by atoms with Crippen molar-refractivity contribution in [3.05, 3.63) is 70.1 Å². The molecule has 1 heterocycles. The number of hydrogen-bond acceptors (Lipinski definition) is 5. The maximum Gasteiger partial charge on any atom is 0.341 e. The van der Waals surface area contributed by atoms with Gasteiger partial charge in [-0.1, -0.05) is 35.9 Å². The normalized spacial score (nSPS) is 10.4. The second kappa shape index (κ2) is 9.58. The summed E-state index contributed by atoms with van der Waals surface area (Å²) in [5, 5.41) is 5.76. The van der Waals surface area contributed by atoms with Gasteiger partial charge in [-0.2, -0.15) is 0 Å². The molecule has 0 saturated heterocycles. The quantitative estimate of drug-likeness (QED) is 0.508. The fraction of sp³-hybridized carbons (Fsp3) is 0.182. The Kier molecular flexibility index (Phi) is 6.90. The number of hydrogen-bond donors (Lipinski definition) is 1. The number of ether oxygens (including phenoxy) is 2. The van der Waals surface area contributed by atoms with Crippen molar-refractivity contribution in [1.29, 1.82) is 0 Å². The minimum absolute atomic E-state index is 0.176. The summed E-state index contributed by atoms with van der Waals surface area (Å²) in [5.41, 5.74) is 2.73. The van der Waals surface area contributed by atoms with Crippen LogP contribution in [-0.4, -0.2) is 25.6 Å². The van der Waals surface area contributed by atoms with Crippen molar-refractivity contribution in [2.45, 2.75) is 13.3 Å². The molecule has 3 rings (SSSR count). The fourth-order valence-corrected chi connectivity index (χ4v) is 3.90. The van der Waals surface area contributed by atoms with E-state index in [1.807, 2.05) is 29.6 Å². The summed E-state index contributed by atoms with van der Waals surface area (Å²) < 4.78 is 10.4. The summed E-state index contributed by atoms with van der Waals surface area (Å²) in [7, 11) is 1.60. The lowest BCUT2D eigenvalue weighted by atomic mass is 10.0. The molecule has 29 heavy (non-hydrogen) atoms. The maximum absolute atomic E-state index is 12.6. The van der Waals surface area contributed by atoms with Crippen LogP contribution < -0.4 is 10.1 Å². The molecule has 0 atom stereocenters. The lowest BCUT2D eigenvalue weighted by Crippen LogP contribution is -2.16. The van der Waals surface area contributed by atoms with Crippen LogP contribution in [0.4, 0.5) is 5.00 Å². The highest BCUT2D eigenvalue weighted by Crippen LogP contribution is 2.37. The van der Waals surface area contributed by atoms with Gasteiger partial charge in [0.15, 0.2) is 0 Å². The minimum Gasteiger partial charge on any atom is -0.497 e. The standard InChI is InChI=1S/C22H20ClNO4S/c1-3-28-22(26)20-18(15-6-10-17(27-2)11-7-15)13-29-21(20)24-19(25)12-14-4-8-16(23)9-5-14/h4-11,13H,3,12H2,1-2H3,(H,24,25). The average Bonchev–Trinajstić information content (AvgIpc) is 3.13. The van der Waals surface area contributed by atoms with Crippen molar-refractivity contribution < 1.29 is 19.1 Å². The van der Waals surface area contributed by atoms with E-state index in [4.69, 9.17) is 21.1 Å². The molecule has 0 aliphatic carbocycles. The smallest absolute Gasteiger partial charge is 0.341 e. The predicted octanol–water partition coefficient (Wildman–Crippen LogP) is 5.44. The molecule has 0 saturated carbocycles. The molecule has 150 valence electrons. The number of carbonyl (C=O) groups excluding carboxylic acids is 2. The van der Waals surface area contributed by atoms with E-state index in [0.717, 1.165) is 16.9 Å². The second-order valence-corrected chi connectivity index (χ2v) is 7.47. The Balaban J connectivity index is 1.87. The molecule has 7 heteroatoms. The van der Waals surface area contributed by atoms with Gasteiger partial charge >= 0.3 is 5.97 Å². The zero-order valence-electron chi connectivity index (χ0n) is 16.0. The number of benzene rings is 2. The number of methoxy groups -OCH3 is 1. The number of halogens is 1. The Morgan fingerprint density at radius 1 is 1.07 bits per heavy atom. The summed E-state index contributed by atoms with van der Waals surface area (Å²) in [5.74, 6) is 0.0283. The van der Waals surface area contributed by atoms with Crippen LogP contribution >= 0.6 is 22.9 Å². The van der Waals surface area contributed by atoms with Gasteiger partial charge in [0.05, 0.1) is 20.1 Å². The second-order valence-electron chi connectivity index (χ2n) is 6.15. The average molecular weight is 430 g/mol. The first-order chi connectivity index (χ1) is 14.0. The molecular formula is C22H20ClNO4S. The van der Waals surface area contributed by atoms with Crippen LogP contribution in [0.15, 0.2) is 53.9 Å². The first-order valence-electron chi connectivity index (χ1n) is 8.99. The lowest BCUT2D eigenvalue weighted by molar-refractivity contribution is -0.115. The zero-order chi connectivity index (χ0) is 20.8. The molecule has 0 aliphatic heterocycles. The Labute approximate surface area is 178 Å². The summed E-state index contributed by atoms with van der Waals surface area (Å²) in [6, 6.07) is 14.4. The van der Waals surface area contributed by atoms with Crippen LogP contribution in [0.1, 0.15) is 22.8 Å². The minimum atomic E-state index is -0.471. The third-order valence-electron chi connectivity index (χ3n) is 4.20. The topological polar surface area (TPSA) is 64.6 Å². The summed E-state index contributed by atoms with van der Waals surface area (Å²) in [6.45, 7) is 1.99. The predicted molar refractivity (Wildman–Crippen MR) is 116 cm³/mol. The first-order valence-corrected chi connectivity index (χ1v) is 10.2. The number of esters is 1. The third kappa shape index (κ3) is 5.16. The maximum atomic E-state index is 12.6. The molecule has 0 aliphatic rings. The van der Waals surface area contributed by atoms with E-state index < -0.39 is 5.97 Å². The fourth-order valence-electron chi connectivity index (χ4n) is 2.80. The number of anilines is 1. The van der Waals surface area contributed by atoms with Gasteiger partial charge in [0.1, 0.15) is 16.3 Å². The summed E-state index contributed by atoms with van der Waals surface area (Å²) in [4.78, 5) is 25.1. The molecule has 0 spiro atoms. The van der Waals surface area contributed by atoms with Crippen molar-refractivity contribution in [3.63, 3.8) is 0 Å². The molecule has 0 radical (unpaired) electrons. The highest BCUT2D eigenvalue weighted by Gasteiger charge is 2.23. The van der Waals surface area contributed by atoms with E-state index in [2.05, 4.69) is 5.32 Å². The summed E-state index contributed by atoms with van der Waals surface area (Å²) >= 11 is 7.18. The van der Waals surface area contributed by atoms with Gasteiger partial charge in [0.25, 0.3) is 0 Å². The number of rotatable bonds is 7. The van der Waals surface area contributed by atoms with Gasteiger partial charge in [0.2, 0.25) is 5.91 Å². The molecule has 1 amide bonds. The number of amides is 1. The molecule has 3 aromatic rings. The Morgan fingerprint density at radius 3 is 2.38 bits per heavy atom. The Morgan fingerprint density at radius 2 is 1.76 bits per heavy atom. The number of carbonyl (C=O) groups is 2. The molecule has 2 aromatic carbocycles. The van der Waals surface area contributed by atoms with Gasteiger partial charge < -0.3 is 14.8 Å². The highest BCUT2D eigenvalue weighted by atomic mass is 35.5. The molecule has 1 aromatic heterocycles. The molecular weight excluding hydrogens is 410 g/mol. The van der Waals surface area contributed by atoms with E-state index in [9.17, 15) is 9.59 Å². The van der Waals surface area contributed by atoms with Crippen LogP contribution in [0.5, 0.6) is 5.75 Å². The first kappa shape index (κ1) is 20.9. The monoisotopic (exact) mass is 429 g/mol. The largest absolute Gasteiger partial charge is 0.497 e. The lowest BCUT2D eigenvalue weighted by Gasteiger charge is -2.09. The van der Waals surface area contributed by atoms with Crippen LogP contribution in [-0.2, 0) is 16.0 Å². The number of thiophene rings is 1. The van der Waals surface area contributed by atoms with Gasteiger partial charge in [-0.3, -0.25) is 4.79 Å². The SMILES string of the molecule is CCOC(=O)c1c(-c2ccc(OC)cc2)csc1NC(=O)Cc1ccc(Cl)cc1. The highest BCUT2D eigenvalue weighted by molar-refractivity contribution is 7.15. The van der Waals surface area contributed by atoms with Crippen molar-refractivity contribution in [1.82, 2.24) is 0 Å². The Hall–Kier alpha value is -2.83. The molecule has 0 fully saturated rings. The van der Waals surface area contributed by atoms with Crippen molar-refractivity contribution >= 4 is 39.8 Å². The molecule has 0 bridgehead atoms. The molecule has 0 unspecified atom stereocenters. The van der Waals surface area contributed by atoms with Gasteiger partial charge in [0, 0.05) is 16.0 Å². The third-order valence-corrected chi connectivity index (χ3v) is 5.35. The van der Waals surface area contributed by atoms with E-state index >= 15 is 0 Å². The van der Waals surface area contributed by atoms with Gasteiger partial charge in [-0.25, -0.2) is 4.79 Å². The Bertz CT molecular complexity index is 997. The van der Waals surface area contributed by atoms with E-state index in [1.165, 1.54) is 11.3 Å². The van der Waals surface area contributed by atoms with Crippen molar-refractivity contribution in [3.8, 4) is 16.9 Å². The van der Waals surface area contributed by atoms with Gasteiger partial charge in [-0.05, 0) is 42.3 Å². The zero-order valence-corrected chi connectivity index (χ0v) is 17.6. The van der Waals surface area contributed by atoms with Crippen LogP contribution in [0.25, 0.3) is 11.1 Å². The molecule has 1 N–H and O–H groups in total. The van der Waals surface area contributed by atoms with Crippen LogP contribution in [0, 0.1) is 0 Å². The van der Waals surface area contributed by atoms with Gasteiger partial charge in [-0.15, -0.1) is 11.3 Å².